The van der Waals surface area contributed by atoms with Crippen molar-refractivity contribution in [3.63, 3.8) is 0 Å². The van der Waals surface area contributed by atoms with E-state index in [1.165, 1.54) is 12.7 Å². The number of ether oxygens (including phenoxy) is 6. The number of aromatic nitrogens is 4. The lowest BCUT2D eigenvalue weighted by Crippen LogP contribution is -2.48. The second-order valence-electron chi connectivity index (χ2n) is 20.2. The van der Waals surface area contributed by atoms with Crippen LogP contribution in [0, 0.1) is 0 Å². The third kappa shape index (κ3) is 14.7. The second-order valence-corrected chi connectivity index (χ2v) is 20.2. The second kappa shape index (κ2) is 21.1. The van der Waals surface area contributed by atoms with Gasteiger partial charge >= 0.3 is 18.3 Å². The Bertz CT molecular complexity index is 1970. The van der Waals surface area contributed by atoms with Crippen molar-refractivity contribution in [3.8, 4) is 0 Å². The fourth-order valence-electron chi connectivity index (χ4n) is 7.73. The number of nitrogens with one attached hydrogen (secondary N) is 1. The molecule has 3 aliphatic heterocycles. The van der Waals surface area contributed by atoms with Crippen LogP contribution in [0.3, 0.4) is 0 Å². The van der Waals surface area contributed by atoms with Gasteiger partial charge in [0.15, 0.2) is 29.6 Å². The van der Waals surface area contributed by atoms with Crippen molar-refractivity contribution >= 4 is 47.1 Å². The molecule has 4 unspecified atom stereocenters. The third-order valence-electron chi connectivity index (χ3n) is 10.6. The van der Waals surface area contributed by atoms with Gasteiger partial charge in [0.05, 0.1) is 6.33 Å². The lowest BCUT2D eigenvalue weighted by molar-refractivity contribution is -0.197. The van der Waals surface area contributed by atoms with E-state index in [0.29, 0.717) is 56.4 Å². The normalized spacial score (nSPS) is 22.6. The predicted molar refractivity (Wildman–Crippen MR) is 238 cm³/mol. The Hall–Kier alpha value is -5.02. The van der Waals surface area contributed by atoms with Crippen molar-refractivity contribution in [1.82, 2.24) is 44.4 Å². The fourth-order valence-corrected chi connectivity index (χ4v) is 7.73. The highest BCUT2D eigenvalue weighted by atomic mass is 16.8. The molecule has 65 heavy (non-hydrogen) atoms. The molecule has 4 atom stereocenters. The highest BCUT2D eigenvalue weighted by molar-refractivity contribution is 5.83. The zero-order valence-electron chi connectivity index (χ0n) is 40.2. The Labute approximate surface area is 382 Å². The standard InChI is InChI=1S/C44H72N10O11/c1-41(2,3)63-38(57)51-21-16-22-53(40(59)65-43(7,8)9)26-25-52(39(58)64-42(4,5)6)20-15-19-50(23-24-51)29(55)17-13-12-14-18-46-36(56)32-31-33(62-44(10,11)61-31)37(60-32)54-28-49-30-34(45)47-27-48-35(30)54/h27-28,31-33,37H,12-26H2,1-11H3,(H,46,56)(H2,45,47,48). The molecule has 0 saturated carbocycles. The molecule has 3 aliphatic rings. The first-order valence-corrected chi connectivity index (χ1v) is 22.7. The number of fused-ring (bicyclic) bond motifs is 2. The monoisotopic (exact) mass is 917 g/mol. The van der Waals surface area contributed by atoms with Crippen molar-refractivity contribution in [3.05, 3.63) is 12.7 Å². The predicted octanol–water partition coefficient (Wildman–Crippen LogP) is 4.84. The molecular weight excluding hydrogens is 845 g/mol. The molecule has 3 N–H and O–H groups in total. The minimum absolute atomic E-state index is 0.0957. The van der Waals surface area contributed by atoms with Gasteiger partial charge in [-0.05, 0) is 102 Å². The van der Waals surface area contributed by atoms with E-state index in [-0.39, 0.29) is 69.9 Å². The van der Waals surface area contributed by atoms with Crippen LogP contribution in [0.25, 0.3) is 11.2 Å². The first-order chi connectivity index (χ1) is 30.3. The van der Waals surface area contributed by atoms with Crippen LogP contribution in [0.15, 0.2) is 12.7 Å². The minimum Gasteiger partial charge on any atom is -0.444 e. The van der Waals surface area contributed by atoms with E-state index in [4.69, 9.17) is 34.2 Å². The molecule has 3 saturated heterocycles. The number of anilines is 1. The highest BCUT2D eigenvalue weighted by Crippen LogP contribution is 2.44. The number of nitrogens with zero attached hydrogens (tertiary/aromatic N) is 8. The average molecular weight is 917 g/mol. The maximum atomic E-state index is 13.9. The highest BCUT2D eigenvalue weighted by Gasteiger charge is 2.58. The van der Waals surface area contributed by atoms with E-state index < -0.39 is 65.4 Å². The first-order valence-electron chi connectivity index (χ1n) is 22.7. The average Bonchev–Trinajstić information content (AvgIpc) is 3.85. The number of amides is 5. The fraction of sp³-hybridized carbons (Fsp3) is 0.773. The van der Waals surface area contributed by atoms with Gasteiger partial charge in [0.25, 0.3) is 5.91 Å². The molecule has 0 aliphatic carbocycles. The maximum Gasteiger partial charge on any atom is 0.410 e. The smallest absolute Gasteiger partial charge is 0.410 e. The van der Waals surface area contributed by atoms with Gasteiger partial charge in [-0.1, -0.05) is 6.42 Å². The molecule has 0 radical (unpaired) electrons. The Kier molecular flexibility index (Phi) is 16.5. The van der Waals surface area contributed by atoms with Crippen LogP contribution >= 0.6 is 0 Å². The molecule has 0 spiro atoms. The number of carbonyl (C=O) groups excluding carboxylic acids is 5. The zero-order chi connectivity index (χ0) is 47.9. The molecule has 364 valence electrons. The van der Waals surface area contributed by atoms with Crippen LogP contribution in [-0.2, 0) is 38.0 Å². The number of nitrogen functional groups attached to an aromatic ring is 1. The molecule has 5 amide bonds. The van der Waals surface area contributed by atoms with Gasteiger partial charge in [0, 0.05) is 65.3 Å². The number of hydrogen-bond donors (Lipinski definition) is 2. The SMILES string of the molecule is CC(C)(C)OC(=O)N1CCCN(C(=O)OC(C)(C)C)CCN(C(=O)OC(C)(C)C)CCCN(C(=O)CCCCCNC(=O)C2OC(n3cnc4c(N)ncnc43)C3OC(C)(C)OC23)CC1. The topological polar surface area (TPSA) is 235 Å². The summed E-state index contributed by atoms with van der Waals surface area (Å²) in [6.45, 7) is 21.9. The minimum atomic E-state index is -0.969. The van der Waals surface area contributed by atoms with E-state index in [1.807, 2.05) is 0 Å². The largest absolute Gasteiger partial charge is 0.444 e. The molecule has 21 nitrogen and oxygen atoms in total. The van der Waals surface area contributed by atoms with Crippen LogP contribution in [0.4, 0.5) is 20.2 Å². The number of rotatable bonds is 8. The molecule has 0 aromatic carbocycles. The van der Waals surface area contributed by atoms with E-state index in [0.717, 1.165) is 0 Å². The quantitative estimate of drug-likeness (QED) is 0.266. The summed E-state index contributed by atoms with van der Waals surface area (Å²) in [6.07, 6.45) is 1.16. The molecule has 2 aromatic heterocycles. The van der Waals surface area contributed by atoms with Gasteiger partial charge in [-0.3, -0.25) is 14.2 Å². The van der Waals surface area contributed by atoms with Crippen molar-refractivity contribution in [2.45, 2.75) is 162 Å². The number of imidazole rings is 1. The van der Waals surface area contributed by atoms with E-state index in [9.17, 15) is 24.0 Å². The first kappa shape index (κ1) is 51.0. The number of unbranched alkanes of at least 4 members (excludes halogenated alkanes) is 2. The molecule has 5 rings (SSSR count). The number of nitrogens with two attached hydrogens (primary N) is 1. The van der Waals surface area contributed by atoms with E-state index in [2.05, 4.69) is 20.3 Å². The third-order valence-corrected chi connectivity index (χ3v) is 10.6. The molecular formula is C44H72N10O11. The van der Waals surface area contributed by atoms with Crippen LogP contribution in [0.5, 0.6) is 0 Å². The van der Waals surface area contributed by atoms with E-state index in [1.54, 1.807) is 100 Å². The summed E-state index contributed by atoms with van der Waals surface area (Å²) in [6, 6.07) is 0. The summed E-state index contributed by atoms with van der Waals surface area (Å²) < 4.78 is 37.4. The van der Waals surface area contributed by atoms with Gasteiger partial charge < -0.3 is 59.1 Å². The molecule has 5 heterocycles. The van der Waals surface area contributed by atoms with Gasteiger partial charge in [0.2, 0.25) is 5.91 Å². The lowest BCUT2D eigenvalue weighted by Gasteiger charge is -2.34. The molecule has 2 aromatic rings. The maximum absolute atomic E-state index is 13.9. The summed E-state index contributed by atoms with van der Waals surface area (Å²) in [5, 5.41) is 2.97. The molecule has 3 fully saturated rings. The molecule has 0 bridgehead atoms. The number of carbonyl (C=O) groups is 5. The van der Waals surface area contributed by atoms with Crippen molar-refractivity contribution < 1.29 is 52.4 Å². The summed E-state index contributed by atoms with van der Waals surface area (Å²) in [5.74, 6) is -1.18. The summed E-state index contributed by atoms with van der Waals surface area (Å²) >= 11 is 0. The van der Waals surface area contributed by atoms with Gasteiger partial charge in [-0.25, -0.2) is 29.3 Å². The molecule has 21 heteroatoms. The van der Waals surface area contributed by atoms with Gasteiger partial charge in [0.1, 0.15) is 40.9 Å². The van der Waals surface area contributed by atoms with Gasteiger partial charge in [-0.2, -0.15) is 0 Å². The Morgan fingerprint density at radius 2 is 1.18 bits per heavy atom. The summed E-state index contributed by atoms with van der Waals surface area (Å²) in [5.41, 5.74) is 4.64. The van der Waals surface area contributed by atoms with E-state index >= 15 is 0 Å². The van der Waals surface area contributed by atoms with Crippen LogP contribution < -0.4 is 11.1 Å². The zero-order valence-corrected chi connectivity index (χ0v) is 40.2. The van der Waals surface area contributed by atoms with Crippen molar-refractivity contribution in [1.29, 1.82) is 0 Å². The van der Waals surface area contributed by atoms with Gasteiger partial charge in [-0.15, -0.1) is 0 Å². The lowest BCUT2D eigenvalue weighted by atomic mass is 10.1. The Balaban J connectivity index is 1.19. The van der Waals surface area contributed by atoms with Crippen LogP contribution in [-0.4, -0.2) is 169 Å². The number of hydrogen-bond acceptors (Lipinski definition) is 15. The van der Waals surface area contributed by atoms with Crippen molar-refractivity contribution in [2.24, 2.45) is 0 Å². The van der Waals surface area contributed by atoms with Crippen LogP contribution in [0.2, 0.25) is 0 Å². The van der Waals surface area contributed by atoms with Crippen LogP contribution in [0.1, 0.15) is 121 Å². The Morgan fingerprint density at radius 1 is 0.692 bits per heavy atom. The Morgan fingerprint density at radius 3 is 1.71 bits per heavy atom. The van der Waals surface area contributed by atoms with Crippen molar-refractivity contribution in [2.75, 3.05) is 64.6 Å². The summed E-state index contributed by atoms with van der Waals surface area (Å²) in [7, 11) is 0. The summed E-state index contributed by atoms with van der Waals surface area (Å²) in [4.78, 5) is 86.7.